The smallest absolute Gasteiger partial charge is 0.258 e. The molecule has 0 heterocycles. The van der Waals surface area contributed by atoms with Crippen LogP contribution in [0, 0.1) is 5.82 Å². The molecule has 0 aromatic heterocycles. The summed E-state index contributed by atoms with van der Waals surface area (Å²) in [6, 6.07) is 17.3. The van der Waals surface area contributed by atoms with Crippen molar-refractivity contribution in [2.45, 2.75) is 0 Å². The molecule has 0 atom stereocenters. The van der Waals surface area contributed by atoms with Gasteiger partial charge in [-0.2, -0.15) is 0 Å². The lowest BCUT2D eigenvalue weighted by atomic mass is 10.1. The Morgan fingerprint density at radius 1 is 0.750 bits per heavy atom. The Labute approximate surface area is 159 Å². The molecule has 2 amide bonds. The average molecular weight is 377 g/mol. The maximum absolute atomic E-state index is 13.8. The van der Waals surface area contributed by atoms with Crippen LogP contribution in [0.5, 0.6) is 0 Å². The van der Waals surface area contributed by atoms with Gasteiger partial charge >= 0.3 is 0 Å². The molecule has 140 valence electrons. The summed E-state index contributed by atoms with van der Waals surface area (Å²) in [4.78, 5) is 35.9. The van der Waals surface area contributed by atoms with Gasteiger partial charge in [-0.25, -0.2) is 4.39 Å². The van der Waals surface area contributed by atoms with E-state index in [2.05, 4.69) is 10.6 Å². The molecule has 0 fully saturated rings. The van der Waals surface area contributed by atoms with E-state index >= 15 is 0 Å². The number of benzene rings is 3. The monoisotopic (exact) mass is 377 g/mol. The number of anilines is 2. The van der Waals surface area contributed by atoms with E-state index in [0.29, 0.717) is 0 Å². The van der Waals surface area contributed by atoms with Crippen LogP contribution in [0.2, 0.25) is 0 Å². The Bertz CT molecular complexity index is 1070. The average Bonchev–Trinajstić information content (AvgIpc) is 2.68. The highest BCUT2D eigenvalue weighted by atomic mass is 19.1. The number of hydrogen-bond donors (Lipinski definition) is 2. The number of para-hydroxylation sites is 1. The largest absolute Gasteiger partial charge is 0.545 e. The summed E-state index contributed by atoms with van der Waals surface area (Å²) >= 11 is 0. The fraction of sp³-hybridized carbons (Fsp3) is 0. The maximum Gasteiger partial charge on any atom is 0.258 e. The minimum Gasteiger partial charge on any atom is -0.545 e. The van der Waals surface area contributed by atoms with Gasteiger partial charge in [0.05, 0.1) is 22.8 Å². The highest BCUT2D eigenvalue weighted by Crippen LogP contribution is 2.19. The van der Waals surface area contributed by atoms with Gasteiger partial charge in [-0.15, -0.1) is 0 Å². The van der Waals surface area contributed by atoms with E-state index in [0.717, 1.165) is 6.07 Å². The number of hydrogen-bond acceptors (Lipinski definition) is 4. The zero-order valence-corrected chi connectivity index (χ0v) is 14.4. The lowest BCUT2D eigenvalue weighted by Crippen LogP contribution is -2.22. The Morgan fingerprint density at radius 2 is 1.39 bits per heavy atom. The van der Waals surface area contributed by atoms with Crippen LogP contribution in [-0.4, -0.2) is 17.8 Å². The van der Waals surface area contributed by atoms with E-state index in [-0.39, 0.29) is 28.1 Å². The van der Waals surface area contributed by atoms with Gasteiger partial charge in [0, 0.05) is 5.69 Å². The van der Waals surface area contributed by atoms with Crippen LogP contribution >= 0.6 is 0 Å². The number of nitrogens with one attached hydrogen (secondary N) is 2. The van der Waals surface area contributed by atoms with Crippen molar-refractivity contribution in [2.75, 3.05) is 10.6 Å². The van der Waals surface area contributed by atoms with Crippen molar-refractivity contribution in [3.63, 3.8) is 0 Å². The van der Waals surface area contributed by atoms with Crippen LogP contribution in [0.1, 0.15) is 31.1 Å². The van der Waals surface area contributed by atoms with E-state index in [1.165, 1.54) is 54.6 Å². The molecule has 6 nitrogen and oxygen atoms in total. The zero-order valence-electron chi connectivity index (χ0n) is 14.4. The van der Waals surface area contributed by atoms with Gasteiger partial charge in [-0.3, -0.25) is 9.59 Å². The van der Waals surface area contributed by atoms with Gasteiger partial charge in [0.15, 0.2) is 0 Å². The minimum atomic E-state index is -1.37. The van der Waals surface area contributed by atoms with Crippen LogP contribution in [0.3, 0.4) is 0 Å². The molecule has 0 unspecified atom stereocenters. The molecule has 0 bridgehead atoms. The normalized spacial score (nSPS) is 10.2. The summed E-state index contributed by atoms with van der Waals surface area (Å²) in [7, 11) is 0. The minimum absolute atomic E-state index is 0.0843. The Morgan fingerprint density at radius 3 is 2.11 bits per heavy atom. The summed E-state index contributed by atoms with van der Waals surface area (Å²) in [6.07, 6.45) is 0. The lowest BCUT2D eigenvalue weighted by molar-refractivity contribution is -0.255. The number of carbonyl (C=O) groups is 3. The molecule has 0 saturated carbocycles. The van der Waals surface area contributed by atoms with Crippen molar-refractivity contribution in [3.8, 4) is 0 Å². The number of carboxylic acids is 1. The van der Waals surface area contributed by atoms with Crippen molar-refractivity contribution in [3.05, 3.63) is 95.3 Å². The first-order valence-electron chi connectivity index (χ1n) is 8.23. The fourth-order valence-electron chi connectivity index (χ4n) is 2.55. The first-order chi connectivity index (χ1) is 13.5. The van der Waals surface area contributed by atoms with E-state index in [4.69, 9.17) is 0 Å². The van der Waals surface area contributed by atoms with Gasteiger partial charge in [-0.05, 0) is 42.0 Å². The second-order valence-electron chi connectivity index (χ2n) is 5.80. The molecule has 2 N–H and O–H groups in total. The van der Waals surface area contributed by atoms with E-state index < -0.39 is 23.6 Å². The maximum atomic E-state index is 13.8. The first-order valence-corrected chi connectivity index (χ1v) is 8.23. The van der Waals surface area contributed by atoms with E-state index in [1.807, 2.05) is 0 Å². The molecule has 0 spiro atoms. The molecule has 0 aliphatic carbocycles. The quantitative estimate of drug-likeness (QED) is 0.714. The summed E-state index contributed by atoms with van der Waals surface area (Å²) in [6.45, 7) is 0. The Kier molecular flexibility index (Phi) is 5.45. The summed E-state index contributed by atoms with van der Waals surface area (Å²) in [5.74, 6) is -3.31. The molecule has 0 radical (unpaired) electrons. The number of amides is 2. The zero-order chi connectivity index (χ0) is 20.1. The second-order valence-corrected chi connectivity index (χ2v) is 5.80. The fourth-order valence-corrected chi connectivity index (χ4v) is 2.55. The third-order valence-electron chi connectivity index (χ3n) is 3.89. The molecule has 3 aromatic rings. The molecular formula is C21H14FN2O4-. The number of aromatic carboxylic acids is 1. The number of rotatable bonds is 5. The van der Waals surface area contributed by atoms with Gasteiger partial charge in [-0.1, -0.05) is 36.4 Å². The number of carboxylic acid groups (broad SMARTS) is 1. The van der Waals surface area contributed by atoms with Gasteiger partial charge in [0.25, 0.3) is 11.8 Å². The van der Waals surface area contributed by atoms with Crippen LogP contribution in [0.15, 0.2) is 72.8 Å². The predicted octanol–water partition coefficient (Wildman–Crippen LogP) is 2.69. The highest BCUT2D eigenvalue weighted by molar-refractivity contribution is 6.12. The molecular weight excluding hydrogens is 363 g/mol. The summed E-state index contributed by atoms with van der Waals surface area (Å²) in [5.41, 5.74) is 0.329. The van der Waals surface area contributed by atoms with E-state index in [9.17, 15) is 23.9 Å². The molecule has 0 aliphatic heterocycles. The van der Waals surface area contributed by atoms with Crippen molar-refractivity contribution in [1.29, 1.82) is 0 Å². The van der Waals surface area contributed by atoms with Crippen molar-refractivity contribution in [1.82, 2.24) is 0 Å². The third kappa shape index (κ3) is 4.21. The van der Waals surface area contributed by atoms with Crippen LogP contribution in [0.4, 0.5) is 15.8 Å². The second kappa shape index (κ2) is 8.13. The van der Waals surface area contributed by atoms with E-state index in [1.54, 1.807) is 12.1 Å². The first kappa shape index (κ1) is 18.8. The van der Waals surface area contributed by atoms with Crippen LogP contribution in [-0.2, 0) is 0 Å². The third-order valence-corrected chi connectivity index (χ3v) is 3.89. The molecule has 0 aliphatic rings. The topological polar surface area (TPSA) is 98.3 Å². The van der Waals surface area contributed by atoms with Crippen molar-refractivity contribution in [2.24, 2.45) is 0 Å². The summed E-state index contributed by atoms with van der Waals surface area (Å²) in [5, 5.41) is 16.0. The molecule has 3 rings (SSSR count). The van der Waals surface area contributed by atoms with Crippen molar-refractivity contribution >= 4 is 29.2 Å². The molecule has 28 heavy (non-hydrogen) atoms. The van der Waals surface area contributed by atoms with Gasteiger partial charge in [0.2, 0.25) is 0 Å². The molecule has 7 heteroatoms. The summed E-state index contributed by atoms with van der Waals surface area (Å²) < 4.78 is 13.8. The van der Waals surface area contributed by atoms with Gasteiger partial charge in [0.1, 0.15) is 5.82 Å². The highest BCUT2D eigenvalue weighted by Gasteiger charge is 2.16. The molecule has 3 aromatic carbocycles. The molecule has 0 saturated heterocycles. The standard InChI is InChI=1S/C21H15FN2O4/c22-17-10-3-1-8-15(17)19(25)24-18-11-4-2-9-16(18)20(26)23-14-7-5-6-13(12-14)21(27)28/h1-12H,(H,23,26)(H,24,25)(H,27,28)/p-1. The Hall–Kier alpha value is -4.00. The Balaban J connectivity index is 1.83. The number of carbonyl (C=O) groups excluding carboxylic acids is 3. The van der Waals surface area contributed by atoms with Crippen molar-refractivity contribution < 1.29 is 23.9 Å². The predicted molar refractivity (Wildman–Crippen MR) is 99.5 cm³/mol. The number of halogens is 1. The van der Waals surface area contributed by atoms with Crippen LogP contribution < -0.4 is 15.7 Å². The van der Waals surface area contributed by atoms with Crippen LogP contribution in [0.25, 0.3) is 0 Å². The van der Waals surface area contributed by atoms with Gasteiger partial charge < -0.3 is 20.5 Å². The SMILES string of the molecule is O=C([O-])c1cccc(NC(=O)c2ccccc2NC(=O)c2ccccc2F)c1. The lowest BCUT2D eigenvalue weighted by Gasteiger charge is -2.12.